The predicted octanol–water partition coefficient (Wildman–Crippen LogP) is 6.95. The van der Waals surface area contributed by atoms with Crippen molar-refractivity contribution in [1.29, 1.82) is 0 Å². The van der Waals surface area contributed by atoms with Gasteiger partial charge < -0.3 is 49.8 Å². The summed E-state index contributed by atoms with van der Waals surface area (Å²) in [5.74, 6) is -2.70. The van der Waals surface area contributed by atoms with Gasteiger partial charge in [-0.25, -0.2) is 5.43 Å². The maximum absolute atomic E-state index is 14.1. The average molecular weight is 957 g/mol. The molecule has 7 N–H and O–H groups in total. The number of ketones is 2. The van der Waals surface area contributed by atoms with Crippen LogP contribution in [0, 0.1) is 5.92 Å². The standard InChI is InChI=1S/C50H69N3O13.ClH/c1-27(2)31-20-19-28(3)22-36(31)65-39(55)18-13-11-9-7-8-10-12-14-21-63-26-38(53-52-30(5)54)50(61)24-33-42(37(25-50)66-40-23-34(51)45(56)29(4)64-40)49(60)44-43(47(33)58)46(57)32-16-15-17-35(62-6)41(32)48(44)59;/h15-17,28-29,34,36-37,40,45,56,58,60-61H,7-14,18-26,51H2,1-6H3,(H,52,54);1H/b53-38+;/t28-,29+,34+,36-,37+,40+,45-,50+;/m1./s1. The molecular formula is C50H70ClN3O13. The van der Waals surface area contributed by atoms with Crippen LogP contribution in [0.1, 0.15) is 174 Å². The first kappa shape index (κ1) is 53.5. The Morgan fingerprint density at radius 1 is 0.925 bits per heavy atom. The number of unbranched alkanes of at least 4 members (excludes halogenated alkanes) is 7. The number of amides is 1. The Morgan fingerprint density at radius 2 is 1.60 bits per heavy atom. The number of carbonyl (C=O) groups excluding carboxylic acids is 4. The summed E-state index contributed by atoms with van der Waals surface area (Å²) in [7, 11) is 1.35. The molecule has 1 aliphatic heterocycles. The Kier molecular flexibility index (Phi) is 19.0. The summed E-state index contributed by atoms with van der Waals surface area (Å²) < 4.78 is 29.7. The number of hydrazone groups is 1. The van der Waals surface area contributed by atoms with Crippen molar-refractivity contribution in [2.24, 2.45) is 16.8 Å². The van der Waals surface area contributed by atoms with Crippen LogP contribution in [0.4, 0.5) is 0 Å². The van der Waals surface area contributed by atoms with Crippen molar-refractivity contribution in [3.63, 3.8) is 0 Å². The fraction of sp³-hybridized carbons (Fsp3) is 0.620. The molecule has 0 bridgehead atoms. The number of fused-ring (bicyclic) bond motifs is 3. The molecule has 1 heterocycles. The second-order valence-corrected chi connectivity index (χ2v) is 18.8. The van der Waals surface area contributed by atoms with Gasteiger partial charge in [0, 0.05) is 61.9 Å². The van der Waals surface area contributed by atoms with Crippen molar-refractivity contribution in [2.75, 3.05) is 20.3 Å². The Bertz CT molecular complexity index is 2180. The number of nitrogens with zero attached hydrogens (tertiary/aromatic N) is 1. The van der Waals surface area contributed by atoms with Crippen LogP contribution in [0.2, 0.25) is 0 Å². The molecule has 2 aromatic carbocycles. The van der Waals surface area contributed by atoms with Crippen molar-refractivity contribution >= 4 is 41.6 Å². The number of nitrogens with one attached hydrogen (secondary N) is 1. The summed E-state index contributed by atoms with van der Waals surface area (Å²) in [6, 6.07) is 3.73. The summed E-state index contributed by atoms with van der Waals surface area (Å²) in [5.41, 5.74) is 8.04. The first-order valence-corrected chi connectivity index (χ1v) is 23.6. The highest BCUT2D eigenvalue weighted by molar-refractivity contribution is 6.31. The third-order valence-electron chi connectivity index (χ3n) is 13.5. The van der Waals surface area contributed by atoms with Gasteiger partial charge >= 0.3 is 5.97 Å². The SMILES string of the molecule is COc1cccc2c1C(=O)c1c(O)c3c(c(O)c1C2=O)C[C@@](O)(/C(COCCCCCCCCCCC(=O)O[C@@H]1C[C@H](C)CCC1=C(C)C)=N/NC(C)=O)C[C@@H]3O[C@H]1C[C@H](N)[C@H](O)[C@H](C)O1.Cl. The minimum absolute atomic E-state index is 0. The molecule has 67 heavy (non-hydrogen) atoms. The van der Waals surface area contributed by atoms with Crippen LogP contribution in [-0.2, 0) is 35.0 Å². The molecular weight excluding hydrogens is 886 g/mol. The fourth-order valence-electron chi connectivity index (χ4n) is 9.83. The van der Waals surface area contributed by atoms with E-state index in [4.69, 9.17) is 29.4 Å². The minimum atomic E-state index is -2.00. The van der Waals surface area contributed by atoms with Crippen LogP contribution < -0.4 is 15.9 Å². The number of phenolic OH excluding ortho intramolecular Hbond substituents is 2. The molecule has 17 heteroatoms. The van der Waals surface area contributed by atoms with Crippen molar-refractivity contribution in [3.8, 4) is 17.2 Å². The van der Waals surface area contributed by atoms with Gasteiger partial charge in [-0.15, -0.1) is 12.4 Å². The molecule has 3 aliphatic carbocycles. The summed E-state index contributed by atoms with van der Waals surface area (Å²) >= 11 is 0. The van der Waals surface area contributed by atoms with E-state index >= 15 is 0 Å². The topological polar surface area (TPSA) is 246 Å². The highest BCUT2D eigenvalue weighted by Gasteiger charge is 2.50. The van der Waals surface area contributed by atoms with Crippen molar-refractivity contribution < 1.29 is 63.3 Å². The number of hydrogen-bond donors (Lipinski definition) is 6. The monoisotopic (exact) mass is 955 g/mol. The number of phenols is 2. The second-order valence-electron chi connectivity index (χ2n) is 18.8. The molecule has 6 rings (SSSR count). The number of carbonyl (C=O) groups is 4. The van der Waals surface area contributed by atoms with Crippen LogP contribution in [0.5, 0.6) is 17.2 Å². The molecule has 370 valence electrons. The lowest BCUT2D eigenvalue weighted by atomic mass is 9.71. The summed E-state index contributed by atoms with van der Waals surface area (Å²) in [4.78, 5) is 52.9. The number of hydrogen-bond acceptors (Lipinski definition) is 15. The number of rotatable bonds is 19. The molecule has 0 spiro atoms. The van der Waals surface area contributed by atoms with Gasteiger partial charge in [0.05, 0.1) is 54.4 Å². The lowest BCUT2D eigenvalue weighted by Gasteiger charge is -2.43. The zero-order valence-corrected chi connectivity index (χ0v) is 40.5. The Balaban J connectivity index is 0.00000840. The number of aromatic hydroxyl groups is 2. The van der Waals surface area contributed by atoms with Gasteiger partial charge in [0.2, 0.25) is 11.7 Å². The number of methoxy groups -OCH3 is 1. The second kappa shape index (κ2) is 23.7. The molecule has 1 amide bonds. The smallest absolute Gasteiger partial charge is 0.306 e. The first-order chi connectivity index (χ1) is 31.4. The van der Waals surface area contributed by atoms with Crippen LogP contribution in [0.25, 0.3) is 0 Å². The van der Waals surface area contributed by atoms with E-state index in [1.807, 2.05) is 0 Å². The van der Waals surface area contributed by atoms with E-state index in [1.165, 1.54) is 43.4 Å². The summed E-state index contributed by atoms with van der Waals surface area (Å²) in [6.45, 7) is 9.37. The molecule has 16 nitrogen and oxygen atoms in total. The van der Waals surface area contributed by atoms with Gasteiger partial charge in [0.15, 0.2) is 12.1 Å². The molecule has 0 aromatic heterocycles. The van der Waals surface area contributed by atoms with Crippen LogP contribution in [0.3, 0.4) is 0 Å². The summed E-state index contributed by atoms with van der Waals surface area (Å²) in [5, 5.41) is 51.3. The van der Waals surface area contributed by atoms with Crippen molar-refractivity contribution in [1.82, 2.24) is 5.43 Å². The minimum Gasteiger partial charge on any atom is -0.507 e. The third kappa shape index (κ3) is 12.4. The first-order valence-electron chi connectivity index (χ1n) is 23.6. The number of halogens is 1. The molecule has 8 atom stereocenters. The van der Waals surface area contributed by atoms with Crippen molar-refractivity contribution in [2.45, 2.75) is 173 Å². The van der Waals surface area contributed by atoms with E-state index in [-0.39, 0.29) is 77.6 Å². The third-order valence-corrected chi connectivity index (χ3v) is 13.5. The van der Waals surface area contributed by atoms with E-state index in [1.54, 1.807) is 6.92 Å². The largest absolute Gasteiger partial charge is 0.507 e. The molecule has 1 saturated heterocycles. The van der Waals surface area contributed by atoms with Gasteiger partial charge in [-0.05, 0) is 70.4 Å². The lowest BCUT2D eigenvalue weighted by molar-refractivity contribution is -0.245. The van der Waals surface area contributed by atoms with E-state index in [0.29, 0.717) is 25.4 Å². The molecule has 4 aliphatic rings. The molecule has 0 radical (unpaired) electrons. The average Bonchev–Trinajstić information content (AvgIpc) is 3.26. The predicted molar refractivity (Wildman–Crippen MR) is 252 cm³/mol. The zero-order chi connectivity index (χ0) is 47.9. The number of ether oxygens (including phenoxy) is 5. The van der Waals surface area contributed by atoms with Crippen LogP contribution >= 0.6 is 12.4 Å². The number of nitrogens with two attached hydrogens (primary N) is 1. The summed E-state index contributed by atoms with van der Waals surface area (Å²) in [6.07, 6.45) is 6.07. The number of esters is 1. The van der Waals surface area contributed by atoms with Gasteiger partial charge in [0.1, 0.15) is 29.0 Å². The fourth-order valence-corrected chi connectivity index (χ4v) is 9.83. The van der Waals surface area contributed by atoms with E-state index < -0.39 is 82.8 Å². The molecule has 1 saturated carbocycles. The van der Waals surface area contributed by atoms with Crippen LogP contribution in [0.15, 0.2) is 34.4 Å². The highest BCUT2D eigenvalue weighted by atomic mass is 35.5. The Hall–Kier alpha value is -4.42. The van der Waals surface area contributed by atoms with E-state index in [2.05, 4.69) is 31.3 Å². The molecule has 2 aromatic rings. The van der Waals surface area contributed by atoms with E-state index in [0.717, 1.165) is 64.2 Å². The Labute approximate surface area is 399 Å². The quantitative estimate of drug-likeness (QED) is 0.0178. The number of aliphatic hydroxyl groups excluding tert-OH is 1. The zero-order valence-electron chi connectivity index (χ0n) is 39.7. The maximum atomic E-state index is 14.1. The lowest BCUT2D eigenvalue weighted by Crippen LogP contribution is -2.53. The van der Waals surface area contributed by atoms with E-state index in [9.17, 15) is 39.6 Å². The van der Waals surface area contributed by atoms with Gasteiger partial charge in [-0.2, -0.15) is 5.10 Å². The number of allylic oxidation sites excluding steroid dienone is 1. The molecule has 2 fully saturated rings. The van der Waals surface area contributed by atoms with Gasteiger partial charge in [0.25, 0.3) is 0 Å². The van der Waals surface area contributed by atoms with Gasteiger partial charge in [-0.1, -0.05) is 63.2 Å². The number of benzene rings is 2. The van der Waals surface area contributed by atoms with Gasteiger partial charge in [-0.3, -0.25) is 19.2 Å². The van der Waals surface area contributed by atoms with Crippen molar-refractivity contribution in [3.05, 3.63) is 62.7 Å². The highest BCUT2D eigenvalue weighted by Crippen LogP contribution is 2.53. The Morgan fingerprint density at radius 3 is 2.25 bits per heavy atom. The normalized spacial score (nSPS) is 25.9. The maximum Gasteiger partial charge on any atom is 0.306 e. The number of aliphatic hydroxyl groups is 2. The molecule has 0 unspecified atom stereocenters. The van der Waals surface area contributed by atoms with Crippen LogP contribution in [-0.4, -0.2) is 106 Å².